The van der Waals surface area contributed by atoms with Gasteiger partial charge in [-0.2, -0.15) is 0 Å². The van der Waals surface area contributed by atoms with Crippen molar-refractivity contribution in [1.29, 1.82) is 0 Å². The van der Waals surface area contributed by atoms with E-state index in [1.54, 1.807) is 13.2 Å². The summed E-state index contributed by atoms with van der Waals surface area (Å²) in [7, 11) is 1.64. The van der Waals surface area contributed by atoms with Gasteiger partial charge in [-0.1, -0.05) is 23.8 Å². The number of hydrogen-bond acceptors (Lipinski definition) is 3. The van der Waals surface area contributed by atoms with E-state index in [0.717, 1.165) is 36.1 Å². The van der Waals surface area contributed by atoms with Gasteiger partial charge in [-0.25, -0.2) is 0 Å². The molecule has 0 radical (unpaired) electrons. The first-order valence-corrected chi connectivity index (χ1v) is 7.32. The lowest BCUT2D eigenvalue weighted by atomic mass is 9.80. The maximum absolute atomic E-state index is 11.9. The van der Waals surface area contributed by atoms with Crippen molar-refractivity contribution in [2.45, 2.75) is 38.2 Å². The molecular formula is C17H23NO3. The van der Waals surface area contributed by atoms with Crippen molar-refractivity contribution >= 4 is 5.91 Å². The second-order valence-electron chi connectivity index (χ2n) is 5.78. The standard InChI is InChI=1S/C17H23NO3/c1-13(10-14-6-3-4-7-15(14)21-2)11-16(19)18-12-17(20)8-5-9-17/h3-4,6-7,11,20H,5,8-10,12H2,1-2H3,(H,18,19). The Balaban J connectivity index is 1.89. The predicted molar refractivity (Wildman–Crippen MR) is 82.3 cm³/mol. The molecule has 0 spiro atoms. The fourth-order valence-corrected chi connectivity index (χ4v) is 2.49. The van der Waals surface area contributed by atoms with Gasteiger partial charge in [-0.15, -0.1) is 0 Å². The fourth-order valence-electron chi connectivity index (χ4n) is 2.49. The Morgan fingerprint density at radius 1 is 1.43 bits per heavy atom. The zero-order valence-electron chi connectivity index (χ0n) is 12.7. The third-order valence-corrected chi connectivity index (χ3v) is 3.92. The zero-order chi connectivity index (χ0) is 15.3. The third kappa shape index (κ3) is 4.33. The van der Waals surface area contributed by atoms with Crippen molar-refractivity contribution in [3.63, 3.8) is 0 Å². The number of nitrogens with one attached hydrogen (secondary N) is 1. The van der Waals surface area contributed by atoms with E-state index in [2.05, 4.69) is 5.32 Å². The summed E-state index contributed by atoms with van der Waals surface area (Å²) in [6.45, 7) is 2.26. The highest BCUT2D eigenvalue weighted by molar-refractivity contribution is 5.88. The number of benzene rings is 1. The van der Waals surface area contributed by atoms with Crippen LogP contribution in [0.25, 0.3) is 0 Å². The van der Waals surface area contributed by atoms with E-state index in [1.807, 2.05) is 31.2 Å². The van der Waals surface area contributed by atoms with Gasteiger partial charge in [0, 0.05) is 12.6 Å². The Kier molecular flexibility index (Phi) is 5.02. The molecule has 0 unspecified atom stereocenters. The van der Waals surface area contributed by atoms with Crippen molar-refractivity contribution in [2.24, 2.45) is 0 Å². The molecule has 1 aliphatic carbocycles. The normalized spacial score (nSPS) is 17.0. The highest BCUT2D eigenvalue weighted by Crippen LogP contribution is 2.30. The van der Waals surface area contributed by atoms with E-state index in [-0.39, 0.29) is 5.91 Å². The number of carbonyl (C=O) groups is 1. The quantitative estimate of drug-likeness (QED) is 0.789. The van der Waals surface area contributed by atoms with Crippen LogP contribution < -0.4 is 10.1 Å². The minimum absolute atomic E-state index is 0.150. The summed E-state index contributed by atoms with van der Waals surface area (Å²) in [5.74, 6) is 0.678. The Morgan fingerprint density at radius 2 is 2.14 bits per heavy atom. The van der Waals surface area contributed by atoms with Crippen LogP contribution in [0.5, 0.6) is 5.75 Å². The molecule has 0 atom stereocenters. The summed E-state index contributed by atoms with van der Waals surface area (Å²) in [5, 5.41) is 12.7. The van der Waals surface area contributed by atoms with Crippen LogP contribution in [0, 0.1) is 0 Å². The van der Waals surface area contributed by atoms with Crippen molar-refractivity contribution < 1.29 is 14.6 Å². The summed E-state index contributed by atoms with van der Waals surface area (Å²) in [4.78, 5) is 11.9. The van der Waals surface area contributed by atoms with Crippen LogP contribution in [0.2, 0.25) is 0 Å². The maximum atomic E-state index is 11.9. The molecule has 0 aromatic heterocycles. The molecule has 1 aromatic rings. The molecule has 4 heteroatoms. The molecule has 114 valence electrons. The van der Waals surface area contributed by atoms with Crippen LogP contribution in [0.3, 0.4) is 0 Å². The molecule has 2 rings (SSSR count). The number of methoxy groups -OCH3 is 1. The molecule has 0 saturated heterocycles. The number of aliphatic hydroxyl groups is 1. The molecule has 1 aromatic carbocycles. The predicted octanol–water partition coefficient (Wildman–Crippen LogP) is 2.22. The van der Waals surface area contributed by atoms with E-state index in [9.17, 15) is 9.90 Å². The van der Waals surface area contributed by atoms with Gasteiger partial charge in [0.05, 0.1) is 12.7 Å². The van der Waals surface area contributed by atoms with Crippen LogP contribution in [0.4, 0.5) is 0 Å². The van der Waals surface area contributed by atoms with Crippen LogP contribution in [-0.4, -0.2) is 30.3 Å². The summed E-state index contributed by atoms with van der Waals surface area (Å²) in [6.07, 6.45) is 4.85. The Bertz CT molecular complexity index is 533. The van der Waals surface area contributed by atoms with E-state index in [0.29, 0.717) is 13.0 Å². The molecule has 1 saturated carbocycles. The summed E-state index contributed by atoms with van der Waals surface area (Å²) in [6, 6.07) is 7.78. The number of rotatable bonds is 6. The molecule has 1 amide bonds. The molecule has 0 aliphatic heterocycles. The molecule has 0 bridgehead atoms. The maximum Gasteiger partial charge on any atom is 0.244 e. The smallest absolute Gasteiger partial charge is 0.244 e. The number of ether oxygens (including phenoxy) is 1. The van der Waals surface area contributed by atoms with Crippen LogP contribution in [0.1, 0.15) is 31.7 Å². The Morgan fingerprint density at radius 3 is 2.76 bits per heavy atom. The van der Waals surface area contributed by atoms with Crippen molar-refractivity contribution in [1.82, 2.24) is 5.32 Å². The highest BCUT2D eigenvalue weighted by atomic mass is 16.5. The van der Waals surface area contributed by atoms with Gasteiger partial charge in [0.2, 0.25) is 5.91 Å². The molecule has 2 N–H and O–H groups in total. The number of para-hydroxylation sites is 1. The van der Waals surface area contributed by atoms with Crippen molar-refractivity contribution in [3.8, 4) is 5.75 Å². The Hall–Kier alpha value is -1.81. The number of carbonyl (C=O) groups excluding carboxylic acids is 1. The number of allylic oxidation sites excluding steroid dienone is 1. The topological polar surface area (TPSA) is 58.6 Å². The fraction of sp³-hybridized carbons (Fsp3) is 0.471. The van der Waals surface area contributed by atoms with E-state index in [4.69, 9.17) is 4.74 Å². The molecule has 4 nitrogen and oxygen atoms in total. The summed E-state index contributed by atoms with van der Waals surface area (Å²) in [5.41, 5.74) is 1.33. The van der Waals surface area contributed by atoms with E-state index in [1.165, 1.54) is 0 Å². The number of amides is 1. The third-order valence-electron chi connectivity index (χ3n) is 3.92. The minimum atomic E-state index is -0.681. The largest absolute Gasteiger partial charge is 0.496 e. The molecular weight excluding hydrogens is 266 g/mol. The molecule has 1 fully saturated rings. The second-order valence-corrected chi connectivity index (χ2v) is 5.78. The molecule has 1 aliphatic rings. The summed E-state index contributed by atoms with van der Waals surface area (Å²) < 4.78 is 5.30. The average Bonchev–Trinajstić information content (AvgIpc) is 2.43. The first-order valence-electron chi connectivity index (χ1n) is 7.32. The zero-order valence-corrected chi connectivity index (χ0v) is 12.7. The summed E-state index contributed by atoms with van der Waals surface area (Å²) >= 11 is 0. The van der Waals surface area contributed by atoms with Gasteiger partial charge in [-0.3, -0.25) is 4.79 Å². The SMILES string of the molecule is COc1ccccc1CC(C)=CC(=O)NCC1(O)CCC1. The van der Waals surface area contributed by atoms with Gasteiger partial charge in [0.15, 0.2) is 0 Å². The van der Waals surface area contributed by atoms with Gasteiger partial charge in [-0.05, 0) is 44.2 Å². The van der Waals surface area contributed by atoms with Crippen molar-refractivity contribution in [2.75, 3.05) is 13.7 Å². The second kappa shape index (κ2) is 6.76. The van der Waals surface area contributed by atoms with Crippen molar-refractivity contribution in [3.05, 3.63) is 41.5 Å². The molecule has 0 heterocycles. The lowest BCUT2D eigenvalue weighted by Crippen LogP contribution is -2.47. The first kappa shape index (κ1) is 15.6. The highest BCUT2D eigenvalue weighted by Gasteiger charge is 2.34. The van der Waals surface area contributed by atoms with Gasteiger partial charge in [0.1, 0.15) is 5.75 Å². The van der Waals surface area contributed by atoms with E-state index >= 15 is 0 Å². The Labute approximate surface area is 125 Å². The lowest BCUT2D eigenvalue weighted by molar-refractivity contribution is -0.119. The van der Waals surface area contributed by atoms with Crippen LogP contribution >= 0.6 is 0 Å². The minimum Gasteiger partial charge on any atom is -0.496 e. The molecule has 21 heavy (non-hydrogen) atoms. The van der Waals surface area contributed by atoms with Gasteiger partial charge < -0.3 is 15.2 Å². The van der Waals surface area contributed by atoms with Crippen LogP contribution in [-0.2, 0) is 11.2 Å². The lowest BCUT2D eigenvalue weighted by Gasteiger charge is -2.36. The van der Waals surface area contributed by atoms with E-state index < -0.39 is 5.60 Å². The van der Waals surface area contributed by atoms with Gasteiger partial charge in [0.25, 0.3) is 0 Å². The monoisotopic (exact) mass is 289 g/mol. The van der Waals surface area contributed by atoms with Crippen LogP contribution in [0.15, 0.2) is 35.9 Å². The van der Waals surface area contributed by atoms with Gasteiger partial charge >= 0.3 is 0 Å². The number of hydrogen-bond donors (Lipinski definition) is 2. The average molecular weight is 289 g/mol. The first-order chi connectivity index (χ1) is 10.0.